The average Bonchev–Trinajstić information content (AvgIpc) is 2.61. The molecule has 1 rings (SSSR count). The Hall–Kier alpha value is -1.33. The van der Waals surface area contributed by atoms with Gasteiger partial charge in [0.2, 0.25) is 0 Å². The molecule has 0 aliphatic carbocycles. The molecule has 12 heteroatoms. The zero-order valence-corrected chi connectivity index (χ0v) is 15.6. The molecule has 146 valence electrons. The summed E-state index contributed by atoms with van der Waals surface area (Å²) in [6.45, 7) is 0.523. The van der Waals surface area contributed by atoms with Gasteiger partial charge in [0, 0.05) is 40.7 Å². The zero-order valence-electron chi connectivity index (χ0n) is 14.7. The first-order valence-electron chi connectivity index (χ1n) is 7.14. The van der Waals surface area contributed by atoms with Gasteiger partial charge in [0.05, 0.1) is 26.4 Å². The van der Waals surface area contributed by atoms with Crippen LogP contribution in [0.5, 0.6) is 0 Å². The van der Waals surface area contributed by atoms with E-state index in [4.69, 9.17) is 19.1 Å². The molecule has 0 saturated carbocycles. The number of rotatable bonds is 10. The topological polar surface area (TPSA) is 138 Å². The van der Waals surface area contributed by atoms with Gasteiger partial charge >= 0.3 is 13.5 Å². The Morgan fingerprint density at radius 2 is 1.84 bits per heavy atom. The fraction of sp³-hybridized carbons (Fsp3) is 0.692. The third kappa shape index (κ3) is 9.66. The predicted molar refractivity (Wildman–Crippen MR) is 88.7 cm³/mol. The number of methoxy groups -OCH3 is 2. The van der Waals surface area contributed by atoms with Crippen LogP contribution < -0.4 is 11.2 Å². The van der Waals surface area contributed by atoms with Crippen LogP contribution in [0.15, 0.2) is 21.9 Å². The molecule has 0 spiro atoms. The summed E-state index contributed by atoms with van der Waals surface area (Å²) in [5.74, 6) is 0. The lowest BCUT2D eigenvalue weighted by atomic mass is 10.4. The molecule has 0 saturated heterocycles. The number of phosphoric acid groups is 1. The average molecular weight is 384 g/mol. The molecule has 0 radical (unpaired) electrons. The maximum absolute atomic E-state index is 11.4. The highest BCUT2D eigenvalue weighted by Crippen LogP contribution is 2.47. The summed E-state index contributed by atoms with van der Waals surface area (Å²) in [7, 11) is 2.15. The fourth-order valence-electron chi connectivity index (χ4n) is 1.45. The molecular weight excluding hydrogens is 359 g/mol. The maximum Gasteiger partial charge on any atom is 0.474 e. The lowest BCUT2D eigenvalue weighted by Gasteiger charge is -2.18. The minimum absolute atomic E-state index is 0.0866. The summed E-state index contributed by atoms with van der Waals surface area (Å²) in [4.78, 5) is 23.4. The van der Waals surface area contributed by atoms with E-state index in [1.54, 1.807) is 0 Å². The SMILES string of the molecule is COCC(COP(=O)(OC)OC)OC.O=c1ccn(CCO)c(=O)[nH]1. The largest absolute Gasteiger partial charge is 0.474 e. The molecule has 0 bridgehead atoms. The van der Waals surface area contributed by atoms with Crippen LogP contribution in [-0.2, 0) is 34.2 Å². The van der Waals surface area contributed by atoms with E-state index in [0.717, 1.165) is 0 Å². The number of ether oxygens (including phenoxy) is 2. The number of aromatic nitrogens is 2. The lowest BCUT2D eigenvalue weighted by molar-refractivity contribution is -0.00811. The zero-order chi connectivity index (χ0) is 19.3. The van der Waals surface area contributed by atoms with Gasteiger partial charge in [0.15, 0.2) is 0 Å². The Morgan fingerprint density at radius 3 is 2.28 bits per heavy atom. The van der Waals surface area contributed by atoms with Crippen LogP contribution in [0.4, 0.5) is 0 Å². The second-order valence-corrected chi connectivity index (χ2v) is 6.33. The molecule has 11 nitrogen and oxygen atoms in total. The minimum atomic E-state index is -3.41. The second kappa shape index (κ2) is 13.0. The van der Waals surface area contributed by atoms with E-state index in [-0.39, 0.29) is 25.9 Å². The molecule has 1 heterocycles. The van der Waals surface area contributed by atoms with Crippen molar-refractivity contribution >= 4 is 7.82 Å². The van der Waals surface area contributed by atoms with Crippen molar-refractivity contribution < 1.29 is 32.7 Å². The molecule has 1 aromatic heterocycles. The van der Waals surface area contributed by atoms with E-state index >= 15 is 0 Å². The van der Waals surface area contributed by atoms with Gasteiger partial charge in [-0.15, -0.1) is 0 Å². The summed E-state index contributed by atoms with van der Waals surface area (Å²) < 4.78 is 36.6. The van der Waals surface area contributed by atoms with Gasteiger partial charge in [-0.3, -0.25) is 27.9 Å². The van der Waals surface area contributed by atoms with Crippen LogP contribution in [0.3, 0.4) is 0 Å². The Morgan fingerprint density at radius 1 is 1.20 bits per heavy atom. The molecule has 25 heavy (non-hydrogen) atoms. The maximum atomic E-state index is 11.4. The number of H-pyrrole nitrogens is 1. The number of hydrogen-bond acceptors (Lipinski definition) is 9. The first-order valence-corrected chi connectivity index (χ1v) is 8.60. The summed E-state index contributed by atoms with van der Waals surface area (Å²) in [6.07, 6.45) is 1.05. The van der Waals surface area contributed by atoms with Crippen LogP contribution in [-0.4, -0.2) is 69.0 Å². The molecule has 2 N–H and O–H groups in total. The first-order chi connectivity index (χ1) is 11.9. The van der Waals surface area contributed by atoms with Gasteiger partial charge in [-0.2, -0.15) is 0 Å². The highest BCUT2D eigenvalue weighted by molar-refractivity contribution is 7.48. The number of phosphoric ester groups is 1. The van der Waals surface area contributed by atoms with Crippen molar-refractivity contribution in [2.45, 2.75) is 12.6 Å². The quantitative estimate of drug-likeness (QED) is 0.516. The summed E-state index contributed by atoms with van der Waals surface area (Å²) in [6, 6.07) is 1.23. The van der Waals surface area contributed by atoms with Gasteiger partial charge in [-0.05, 0) is 0 Å². The number of nitrogens with zero attached hydrogens (tertiary/aromatic N) is 1. The molecular formula is C13H25N2O9P. The molecule has 0 amide bonds. The Bertz CT molecular complexity index is 622. The van der Waals surface area contributed by atoms with Crippen molar-refractivity contribution in [1.82, 2.24) is 9.55 Å². The molecule has 1 aromatic rings. The van der Waals surface area contributed by atoms with Crippen molar-refractivity contribution in [3.8, 4) is 0 Å². The Balaban J connectivity index is 0.000000472. The fourth-order valence-corrected chi connectivity index (χ4v) is 2.16. The van der Waals surface area contributed by atoms with Crippen molar-refractivity contribution in [2.24, 2.45) is 0 Å². The Kier molecular flexibility index (Phi) is 12.3. The Labute approximate surface area is 145 Å². The van der Waals surface area contributed by atoms with Crippen LogP contribution in [0, 0.1) is 0 Å². The van der Waals surface area contributed by atoms with Gasteiger partial charge < -0.3 is 14.6 Å². The van der Waals surface area contributed by atoms with E-state index < -0.39 is 19.1 Å². The van der Waals surface area contributed by atoms with Crippen molar-refractivity contribution in [3.63, 3.8) is 0 Å². The van der Waals surface area contributed by atoms with Gasteiger partial charge in [-0.25, -0.2) is 9.36 Å². The summed E-state index contributed by atoms with van der Waals surface area (Å²) in [5, 5.41) is 8.46. The normalized spacial score (nSPS) is 12.4. The summed E-state index contributed by atoms with van der Waals surface area (Å²) >= 11 is 0. The molecule has 0 aliphatic rings. The van der Waals surface area contributed by atoms with Gasteiger partial charge in [-0.1, -0.05) is 0 Å². The van der Waals surface area contributed by atoms with Gasteiger partial charge in [0.25, 0.3) is 5.56 Å². The number of hydrogen-bond donors (Lipinski definition) is 2. The highest BCUT2D eigenvalue weighted by atomic mass is 31.2. The highest BCUT2D eigenvalue weighted by Gasteiger charge is 2.24. The molecule has 1 atom stereocenters. The monoisotopic (exact) mass is 384 g/mol. The van der Waals surface area contributed by atoms with E-state index in [9.17, 15) is 14.2 Å². The summed E-state index contributed by atoms with van der Waals surface area (Å²) in [5.41, 5.74) is -0.921. The van der Waals surface area contributed by atoms with Crippen molar-refractivity contribution in [3.05, 3.63) is 33.1 Å². The minimum Gasteiger partial charge on any atom is -0.395 e. The third-order valence-electron chi connectivity index (χ3n) is 2.79. The van der Waals surface area contributed by atoms with E-state index in [1.165, 1.54) is 45.3 Å². The number of aromatic amines is 1. The second-order valence-electron chi connectivity index (χ2n) is 4.45. The molecule has 0 fully saturated rings. The predicted octanol–water partition coefficient (Wildman–Crippen LogP) is -0.406. The smallest absolute Gasteiger partial charge is 0.395 e. The van der Waals surface area contributed by atoms with Crippen LogP contribution in [0.2, 0.25) is 0 Å². The standard InChI is InChI=1S/C7H17O6P.C6H8N2O3/c1-9-5-7(10-2)6-13-14(8,11-3)12-4;9-4-3-8-2-1-5(10)7-6(8)11/h7H,5-6H2,1-4H3;1-2,9H,3-4H2,(H,7,10,11). The van der Waals surface area contributed by atoms with Crippen molar-refractivity contribution in [1.29, 1.82) is 0 Å². The van der Waals surface area contributed by atoms with Crippen LogP contribution in [0.25, 0.3) is 0 Å². The van der Waals surface area contributed by atoms with Crippen LogP contribution in [0.1, 0.15) is 0 Å². The third-order valence-corrected chi connectivity index (χ3v) is 4.15. The van der Waals surface area contributed by atoms with Crippen LogP contribution >= 0.6 is 7.82 Å². The number of nitrogens with one attached hydrogen (secondary N) is 1. The molecule has 0 aliphatic heterocycles. The number of aliphatic hydroxyl groups excluding tert-OH is 1. The van der Waals surface area contributed by atoms with E-state index in [2.05, 4.69) is 14.0 Å². The van der Waals surface area contributed by atoms with E-state index in [1.807, 2.05) is 0 Å². The number of aliphatic hydroxyl groups is 1. The molecule has 0 aromatic carbocycles. The lowest BCUT2D eigenvalue weighted by Crippen LogP contribution is -2.29. The van der Waals surface area contributed by atoms with Crippen molar-refractivity contribution in [2.75, 3.05) is 48.3 Å². The molecule has 1 unspecified atom stereocenters. The van der Waals surface area contributed by atoms with Gasteiger partial charge in [0.1, 0.15) is 6.10 Å². The first kappa shape index (κ1) is 23.7. The van der Waals surface area contributed by atoms with E-state index in [0.29, 0.717) is 6.61 Å².